The highest BCUT2D eigenvalue weighted by Crippen LogP contribution is 2.33. The largest absolute Gasteiger partial charge is 0.363 e. The SMILES string of the molecule is O=C(CC1CCCC1)Nc1ccc(N2Cc3cccc(Cl)c3C2)cc1. The van der Waals surface area contributed by atoms with Crippen LogP contribution in [-0.2, 0) is 17.9 Å². The molecule has 0 spiro atoms. The third kappa shape index (κ3) is 3.67. The molecule has 1 N–H and O–H groups in total. The average molecular weight is 355 g/mol. The Morgan fingerprint density at radius 3 is 2.56 bits per heavy atom. The molecule has 1 aliphatic carbocycles. The molecule has 1 saturated carbocycles. The van der Waals surface area contributed by atoms with Gasteiger partial charge in [-0.2, -0.15) is 0 Å². The summed E-state index contributed by atoms with van der Waals surface area (Å²) >= 11 is 6.30. The molecule has 2 aromatic rings. The van der Waals surface area contributed by atoms with Crippen LogP contribution in [0.2, 0.25) is 5.02 Å². The molecule has 4 heteroatoms. The van der Waals surface area contributed by atoms with Crippen molar-refractivity contribution in [2.45, 2.75) is 45.2 Å². The molecule has 0 aromatic heterocycles. The number of nitrogens with zero attached hydrogens (tertiary/aromatic N) is 1. The molecule has 0 bridgehead atoms. The predicted octanol–water partition coefficient (Wildman–Crippen LogP) is 5.38. The molecule has 3 nitrogen and oxygen atoms in total. The van der Waals surface area contributed by atoms with E-state index in [0.717, 1.165) is 29.5 Å². The van der Waals surface area contributed by atoms with Gasteiger partial charge in [0, 0.05) is 35.9 Å². The van der Waals surface area contributed by atoms with E-state index in [9.17, 15) is 4.79 Å². The zero-order valence-electron chi connectivity index (χ0n) is 14.3. The normalized spacial score (nSPS) is 16.9. The molecule has 25 heavy (non-hydrogen) atoms. The Morgan fingerprint density at radius 2 is 1.84 bits per heavy atom. The fraction of sp³-hybridized carbons (Fsp3) is 0.381. The molecule has 0 radical (unpaired) electrons. The zero-order valence-corrected chi connectivity index (χ0v) is 15.1. The van der Waals surface area contributed by atoms with E-state index in [1.165, 1.54) is 36.8 Å². The van der Waals surface area contributed by atoms with Gasteiger partial charge in [-0.3, -0.25) is 4.79 Å². The molecular formula is C21H23ClN2O. The van der Waals surface area contributed by atoms with Crippen LogP contribution >= 0.6 is 11.6 Å². The van der Waals surface area contributed by atoms with Gasteiger partial charge in [-0.05, 0) is 60.2 Å². The highest BCUT2D eigenvalue weighted by molar-refractivity contribution is 6.31. The lowest BCUT2D eigenvalue weighted by Gasteiger charge is -2.18. The minimum Gasteiger partial charge on any atom is -0.363 e. The Labute approximate surface area is 154 Å². The van der Waals surface area contributed by atoms with Gasteiger partial charge in [0.1, 0.15) is 0 Å². The van der Waals surface area contributed by atoms with Crippen molar-refractivity contribution in [3.63, 3.8) is 0 Å². The van der Waals surface area contributed by atoms with E-state index in [4.69, 9.17) is 11.6 Å². The van der Waals surface area contributed by atoms with Crippen LogP contribution in [0.25, 0.3) is 0 Å². The van der Waals surface area contributed by atoms with Crippen molar-refractivity contribution in [2.24, 2.45) is 5.92 Å². The van der Waals surface area contributed by atoms with Crippen molar-refractivity contribution >= 4 is 28.9 Å². The summed E-state index contributed by atoms with van der Waals surface area (Å²) in [6, 6.07) is 14.2. The monoisotopic (exact) mass is 354 g/mol. The summed E-state index contributed by atoms with van der Waals surface area (Å²) < 4.78 is 0. The fourth-order valence-corrected chi connectivity index (χ4v) is 4.26. The Kier molecular flexibility index (Phi) is 4.67. The molecule has 0 saturated heterocycles. The molecule has 1 aliphatic heterocycles. The van der Waals surface area contributed by atoms with Gasteiger partial charge in [0.2, 0.25) is 5.91 Å². The van der Waals surface area contributed by atoms with Crippen LogP contribution in [0.4, 0.5) is 11.4 Å². The summed E-state index contributed by atoms with van der Waals surface area (Å²) in [7, 11) is 0. The van der Waals surface area contributed by atoms with E-state index in [2.05, 4.69) is 28.4 Å². The lowest BCUT2D eigenvalue weighted by Crippen LogP contribution is -2.16. The molecule has 130 valence electrons. The van der Waals surface area contributed by atoms with E-state index >= 15 is 0 Å². The van der Waals surface area contributed by atoms with Gasteiger partial charge in [0.05, 0.1) is 0 Å². The minimum absolute atomic E-state index is 0.139. The Balaban J connectivity index is 1.38. The molecule has 1 fully saturated rings. The number of rotatable bonds is 4. The van der Waals surface area contributed by atoms with Gasteiger partial charge in [-0.25, -0.2) is 0 Å². The van der Waals surface area contributed by atoms with E-state index < -0.39 is 0 Å². The number of fused-ring (bicyclic) bond motifs is 1. The van der Waals surface area contributed by atoms with Gasteiger partial charge < -0.3 is 10.2 Å². The second-order valence-corrected chi connectivity index (χ2v) is 7.59. The number of nitrogens with one attached hydrogen (secondary N) is 1. The van der Waals surface area contributed by atoms with Crippen LogP contribution in [0, 0.1) is 5.92 Å². The van der Waals surface area contributed by atoms with E-state index in [-0.39, 0.29) is 5.91 Å². The molecule has 0 atom stereocenters. The number of hydrogen-bond acceptors (Lipinski definition) is 2. The second-order valence-electron chi connectivity index (χ2n) is 7.18. The fourth-order valence-electron chi connectivity index (χ4n) is 4.01. The van der Waals surface area contributed by atoms with E-state index in [1.54, 1.807) is 0 Å². The third-order valence-corrected chi connectivity index (χ3v) is 5.75. The van der Waals surface area contributed by atoms with E-state index in [0.29, 0.717) is 12.3 Å². The first-order chi connectivity index (χ1) is 12.2. The summed E-state index contributed by atoms with van der Waals surface area (Å²) in [6.45, 7) is 1.71. The van der Waals surface area contributed by atoms with Gasteiger partial charge in [-0.1, -0.05) is 36.6 Å². The second kappa shape index (κ2) is 7.09. The summed E-state index contributed by atoms with van der Waals surface area (Å²) in [6.07, 6.45) is 5.60. The summed E-state index contributed by atoms with van der Waals surface area (Å²) in [4.78, 5) is 14.5. The van der Waals surface area contributed by atoms with Gasteiger partial charge in [-0.15, -0.1) is 0 Å². The molecule has 1 amide bonds. The van der Waals surface area contributed by atoms with Crippen LogP contribution in [0.3, 0.4) is 0 Å². The first-order valence-electron chi connectivity index (χ1n) is 9.10. The quantitative estimate of drug-likeness (QED) is 0.799. The minimum atomic E-state index is 0.139. The average Bonchev–Trinajstić information content (AvgIpc) is 3.25. The number of amides is 1. The number of carbonyl (C=O) groups excluding carboxylic acids is 1. The molecule has 2 aliphatic rings. The number of benzene rings is 2. The lowest BCUT2D eigenvalue weighted by atomic mass is 10.0. The van der Waals surface area contributed by atoms with Crippen molar-refractivity contribution in [1.82, 2.24) is 0 Å². The first kappa shape index (κ1) is 16.5. The van der Waals surface area contributed by atoms with Crippen LogP contribution < -0.4 is 10.2 Å². The standard InChI is InChI=1S/C21H23ClN2O/c22-20-7-3-6-16-13-24(14-19(16)20)18-10-8-17(9-11-18)23-21(25)12-15-4-1-2-5-15/h3,6-11,15H,1-2,4-5,12-14H2,(H,23,25). The number of carbonyl (C=O) groups is 1. The van der Waals surface area contributed by atoms with Gasteiger partial charge in [0.25, 0.3) is 0 Å². The van der Waals surface area contributed by atoms with Crippen molar-refractivity contribution in [3.8, 4) is 0 Å². The maximum atomic E-state index is 12.2. The van der Waals surface area contributed by atoms with Crippen molar-refractivity contribution in [2.75, 3.05) is 10.2 Å². The van der Waals surface area contributed by atoms with Crippen LogP contribution in [0.5, 0.6) is 0 Å². The number of anilines is 2. The van der Waals surface area contributed by atoms with Crippen LogP contribution in [0.1, 0.15) is 43.2 Å². The predicted molar refractivity (Wildman–Crippen MR) is 103 cm³/mol. The van der Waals surface area contributed by atoms with Crippen molar-refractivity contribution in [3.05, 3.63) is 58.6 Å². The third-order valence-electron chi connectivity index (χ3n) is 5.39. The van der Waals surface area contributed by atoms with E-state index in [1.807, 2.05) is 24.3 Å². The Bertz CT molecular complexity index is 766. The smallest absolute Gasteiger partial charge is 0.224 e. The number of hydrogen-bond donors (Lipinski definition) is 1. The number of halogens is 1. The van der Waals surface area contributed by atoms with Crippen LogP contribution in [-0.4, -0.2) is 5.91 Å². The highest BCUT2D eigenvalue weighted by atomic mass is 35.5. The summed E-state index contributed by atoms with van der Waals surface area (Å²) in [5.74, 6) is 0.715. The molecule has 2 aromatic carbocycles. The highest BCUT2D eigenvalue weighted by Gasteiger charge is 2.21. The molecular weight excluding hydrogens is 332 g/mol. The zero-order chi connectivity index (χ0) is 17.2. The van der Waals surface area contributed by atoms with Crippen molar-refractivity contribution in [1.29, 1.82) is 0 Å². The summed E-state index contributed by atoms with van der Waals surface area (Å²) in [5.41, 5.74) is 4.54. The Hall–Kier alpha value is -2.00. The van der Waals surface area contributed by atoms with Gasteiger partial charge in [0.15, 0.2) is 0 Å². The maximum Gasteiger partial charge on any atom is 0.224 e. The summed E-state index contributed by atoms with van der Waals surface area (Å²) in [5, 5.41) is 3.88. The van der Waals surface area contributed by atoms with Crippen LogP contribution in [0.15, 0.2) is 42.5 Å². The molecule has 1 heterocycles. The lowest BCUT2D eigenvalue weighted by molar-refractivity contribution is -0.117. The topological polar surface area (TPSA) is 32.3 Å². The van der Waals surface area contributed by atoms with Crippen molar-refractivity contribution < 1.29 is 4.79 Å². The molecule has 0 unspecified atom stereocenters. The Morgan fingerprint density at radius 1 is 1.08 bits per heavy atom. The first-order valence-corrected chi connectivity index (χ1v) is 9.48. The van der Waals surface area contributed by atoms with Gasteiger partial charge >= 0.3 is 0 Å². The molecule has 4 rings (SSSR count). The maximum absolute atomic E-state index is 12.2.